The molecule has 3 nitrogen and oxygen atoms in total. The van der Waals surface area contributed by atoms with Crippen LogP contribution in [0.25, 0.3) is 16.9 Å². The van der Waals surface area contributed by atoms with Crippen LogP contribution in [0.1, 0.15) is 0 Å². The number of imidazole rings is 1. The molecule has 0 bridgehead atoms. The van der Waals surface area contributed by atoms with Crippen molar-refractivity contribution < 1.29 is 0 Å². The van der Waals surface area contributed by atoms with Crippen molar-refractivity contribution in [3.8, 4) is 5.69 Å². The van der Waals surface area contributed by atoms with Crippen LogP contribution < -0.4 is 0 Å². The fourth-order valence-corrected chi connectivity index (χ4v) is 3.68. The number of rotatable bonds is 1. The summed E-state index contributed by atoms with van der Waals surface area (Å²) in [7, 11) is 0. The molecule has 0 aliphatic heterocycles. The smallest absolute Gasteiger partial charge is 0.184 e. The van der Waals surface area contributed by atoms with E-state index in [0.717, 1.165) is 25.8 Å². The molecule has 0 amide bonds. The lowest BCUT2D eigenvalue weighted by molar-refractivity contribution is 1.03. The van der Waals surface area contributed by atoms with Gasteiger partial charge in [0.15, 0.2) is 10.4 Å². The molecule has 19 heavy (non-hydrogen) atoms. The quantitative estimate of drug-likeness (QED) is 0.546. The molecule has 0 fully saturated rings. The number of hydrogen-bond acceptors (Lipinski definition) is 2. The number of fused-ring (bicyclic) bond motifs is 1. The molecule has 0 aliphatic rings. The summed E-state index contributed by atoms with van der Waals surface area (Å²) in [6.07, 6.45) is 1.60. The largest absolute Gasteiger partial charge is 0.329 e. The Kier molecular flexibility index (Phi) is 3.51. The van der Waals surface area contributed by atoms with Gasteiger partial charge in [-0.05, 0) is 62.3 Å². The normalized spacial score (nSPS) is 11.1. The Labute approximate surface area is 135 Å². The molecule has 0 radical (unpaired) electrons. The summed E-state index contributed by atoms with van der Waals surface area (Å²) in [5.41, 5.74) is 2.45. The molecular weight excluding hydrogens is 413 g/mol. The van der Waals surface area contributed by atoms with Crippen LogP contribution in [0.2, 0.25) is 5.02 Å². The molecule has 7 heteroatoms. The second-order valence-electron chi connectivity index (χ2n) is 3.86. The second-order valence-corrected chi connectivity index (χ2v) is 6.39. The molecule has 1 aromatic carbocycles. The molecule has 1 N–H and O–H groups in total. The maximum Gasteiger partial charge on any atom is 0.184 e. The van der Waals surface area contributed by atoms with Crippen LogP contribution in [0.15, 0.2) is 39.4 Å². The third-order valence-electron chi connectivity index (χ3n) is 2.65. The summed E-state index contributed by atoms with van der Waals surface area (Å²) in [6.45, 7) is 0. The molecule has 0 saturated carbocycles. The lowest BCUT2D eigenvalue weighted by atomic mass is 10.3. The lowest BCUT2D eigenvalue weighted by Gasteiger charge is -2.08. The fraction of sp³-hybridized carbons (Fsp3) is 0. The zero-order valence-electron chi connectivity index (χ0n) is 9.32. The number of para-hydroxylation sites is 1. The summed E-state index contributed by atoms with van der Waals surface area (Å²) in [6, 6.07) is 7.66. The topological polar surface area (TPSA) is 33.6 Å². The maximum atomic E-state index is 5.94. The van der Waals surface area contributed by atoms with E-state index in [1.807, 2.05) is 22.8 Å². The summed E-state index contributed by atoms with van der Waals surface area (Å²) in [4.78, 5) is 7.46. The highest BCUT2D eigenvalue weighted by molar-refractivity contribution is 9.11. The van der Waals surface area contributed by atoms with Crippen molar-refractivity contribution >= 4 is 66.8 Å². The van der Waals surface area contributed by atoms with E-state index < -0.39 is 0 Å². The van der Waals surface area contributed by atoms with Gasteiger partial charge < -0.3 is 4.98 Å². The van der Waals surface area contributed by atoms with Crippen molar-refractivity contribution in [2.75, 3.05) is 0 Å². The molecule has 96 valence electrons. The number of nitrogens with zero attached hydrogens (tertiary/aromatic N) is 2. The van der Waals surface area contributed by atoms with Crippen molar-refractivity contribution in [2.24, 2.45) is 0 Å². The van der Waals surface area contributed by atoms with Crippen molar-refractivity contribution in [1.82, 2.24) is 14.5 Å². The average molecular weight is 420 g/mol. The first kappa shape index (κ1) is 13.3. The number of halogens is 3. The number of benzene rings is 1. The summed E-state index contributed by atoms with van der Waals surface area (Å²) >= 11 is 18.4. The van der Waals surface area contributed by atoms with Gasteiger partial charge in [0.05, 0.1) is 16.2 Å². The van der Waals surface area contributed by atoms with E-state index in [1.165, 1.54) is 0 Å². The van der Waals surface area contributed by atoms with E-state index in [9.17, 15) is 0 Å². The molecule has 0 aliphatic carbocycles. The standard InChI is InChI=1S/C12H6Br2ClN3S/c13-7-2-1-3-8(14)10(7)18-11-9(17-12(18)19)4-6(15)5-16-11/h1-5H,(H,17,19). The second kappa shape index (κ2) is 5.01. The average Bonchev–Trinajstić information content (AvgIpc) is 2.65. The minimum Gasteiger partial charge on any atom is -0.329 e. The van der Waals surface area contributed by atoms with E-state index >= 15 is 0 Å². The van der Waals surface area contributed by atoms with Gasteiger partial charge in [-0.2, -0.15) is 0 Å². The number of H-pyrrole nitrogens is 1. The van der Waals surface area contributed by atoms with Gasteiger partial charge in [-0.15, -0.1) is 0 Å². The van der Waals surface area contributed by atoms with Crippen LogP contribution in [0.4, 0.5) is 0 Å². The highest BCUT2D eigenvalue weighted by Crippen LogP contribution is 2.31. The zero-order valence-corrected chi connectivity index (χ0v) is 14.1. The Hall–Kier alpha value is -0.690. The van der Waals surface area contributed by atoms with Gasteiger partial charge in [0.2, 0.25) is 0 Å². The molecule has 0 unspecified atom stereocenters. The lowest BCUT2D eigenvalue weighted by Crippen LogP contribution is -1.98. The molecule has 2 heterocycles. The van der Waals surface area contributed by atoms with Crippen LogP contribution in [0.3, 0.4) is 0 Å². The van der Waals surface area contributed by atoms with E-state index in [1.54, 1.807) is 12.3 Å². The van der Waals surface area contributed by atoms with Gasteiger partial charge in [0.1, 0.15) is 0 Å². The van der Waals surface area contributed by atoms with E-state index in [4.69, 9.17) is 23.8 Å². The molecule has 3 rings (SSSR count). The molecule has 3 aromatic rings. The molecular formula is C12H6Br2ClN3S. The van der Waals surface area contributed by atoms with Gasteiger partial charge in [0.25, 0.3) is 0 Å². The number of aromatic amines is 1. The van der Waals surface area contributed by atoms with Crippen LogP contribution in [-0.4, -0.2) is 14.5 Å². The third kappa shape index (κ3) is 2.27. The van der Waals surface area contributed by atoms with Crippen molar-refractivity contribution in [2.45, 2.75) is 0 Å². The van der Waals surface area contributed by atoms with Crippen LogP contribution in [0.5, 0.6) is 0 Å². The summed E-state index contributed by atoms with van der Waals surface area (Å²) in [5.74, 6) is 0. The summed E-state index contributed by atoms with van der Waals surface area (Å²) in [5, 5.41) is 0.571. The van der Waals surface area contributed by atoms with E-state index in [-0.39, 0.29) is 0 Å². The number of aromatic nitrogens is 3. The number of nitrogens with one attached hydrogen (secondary N) is 1. The maximum absolute atomic E-state index is 5.94. The van der Waals surface area contributed by atoms with Gasteiger partial charge in [0, 0.05) is 15.1 Å². The van der Waals surface area contributed by atoms with Crippen molar-refractivity contribution in [1.29, 1.82) is 0 Å². The molecule has 0 atom stereocenters. The van der Waals surface area contributed by atoms with Crippen LogP contribution in [-0.2, 0) is 0 Å². The Morgan fingerprint density at radius 2 is 1.95 bits per heavy atom. The highest BCUT2D eigenvalue weighted by atomic mass is 79.9. The monoisotopic (exact) mass is 417 g/mol. The first-order valence-corrected chi connectivity index (χ1v) is 7.66. The molecule has 2 aromatic heterocycles. The van der Waals surface area contributed by atoms with E-state index in [2.05, 4.69) is 41.8 Å². The van der Waals surface area contributed by atoms with E-state index in [0.29, 0.717) is 9.79 Å². The Balaban J connectivity index is 2.43. The van der Waals surface area contributed by atoms with Gasteiger partial charge in [-0.1, -0.05) is 17.7 Å². The van der Waals surface area contributed by atoms with Gasteiger partial charge in [-0.3, -0.25) is 4.57 Å². The SMILES string of the molecule is S=c1[nH]c2cc(Cl)cnc2n1-c1c(Br)cccc1Br. The predicted molar refractivity (Wildman–Crippen MR) is 86.7 cm³/mol. The summed E-state index contributed by atoms with van der Waals surface area (Å²) < 4.78 is 4.29. The Bertz CT molecular complexity index is 820. The molecule has 0 spiro atoms. The van der Waals surface area contributed by atoms with Gasteiger partial charge >= 0.3 is 0 Å². The Morgan fingerprint density at radius 1 is 1.26 bits per heavy atom. The number of pyridine rings is 1. The fourth-order valence-electron chi connectivity index (χ4n) is 1.88. The predicted octanol–water partition coefficient (Wildman–Crippen LogP) is 5.26. The van der Waals surface area contributed by atoms with Crippen LogP contribution in [0, 0.1) is 4.77 Å². The third-order valence-corrected chi connectivity index (χ3v) is 4.42. The van der Waals surface area contributed by atoms with Crippen molar-refractivity contribution in [3.63, 3.8) is 0 Å². The van der Waals surface area contributed by atoms with Crippen LogP contribution >= 0.6 is 55.7 Å². The molecule has 0 saturated heterocycles. The van der Waals surface area contributed by atoms with Crippen molar-refractivity contribution in [3.05, 3.63) is 49.2 Å². The highest BCUT2D eigenvalue weighted by Gasteiger charge is 2.13. The first-order valence-electron chi connectivity index (χ1n) is 5.28. The number of hydrogen-bond donors (Lipinski definition) is 1. The minimum absolute atomic E-state index is 0.567. The minimum atomic E-state index is 0.567. The first-order chi connectivity index (χ1) is 9.08. The Morgan fingerprint density at radius 3 is 2.63 bits per heavy atom. The van der Waals surface area contributed by atoms with Gasteiger partial charge in [-0.25, -0.2) is 4.98 Å². The zero-order chi connectivity index (χ0) is 13.6.